The summed E-state index contributed by atoms with van der Waals surface area (Å²) >= 11 is 0. The van der Waals surface area contributed by atoms with E-state index in [-0.39, 0.29) is 30.2 Å². The van der Waals surface area contributed by atoms with E-state index in [1.165, 1.54) is 6.07 Å². The number of nitrogens with two attached hydrogens (primary N) is 1. The van der Waals surface area contributed by atoms with Crippen molar-refractivity contribution in [2.75, 3.05) is 12.3 Å². The Balaban J connectivity index is 3.24. The van der Waals surface area contributed by atoms with Crippen LogP contribution in [0.1, 0.15) is 5.56 Å². The molecule has 1 aromatic carbocycles. The lowest BCUT2D eigenvalue weighted by atomic mass is 10.1. The Labute approximate surface area is 79.7 Å². The third-order valence-electron chi connectivity index (χ3n) is 1.81. The second kappa shape index (κ2) is 3.93. The Morgan fingerprint density at radius 2 is 2.14 bits per heavy atom. The highest BCUT2D eigenvalue weighted by molar-refractivity contribution is 5.60. The van der Waals surface area contributed by atoms with Crippen molar-refractivity contribution >= 4 is 11.4 Å². The molecule has 0 fully saturated rings. The number of aliphatic hydroxyl groups is 1. The number of anilines is 1. The Kier molecular flexibility index (Phi) is 2.88. The number of phenols is 1. The Morgan fingerprint density at radius 1 is 1.50 bits per heavy atom. The van der Waals surface area contributed by atoms with E-state index in [2.05, 4.69) is 0 Å². The van der Waals surface area contributed by atoms with Gasteiger partial charge < -0.3 is 15.9 Å². The van der Waals surface area contributed by atoms with Crippen LogP contribution in [-0.2, 0) is 6.42 Å². The summed E-state index contributed by atoms with van der Waals surface area (Å²) in [6.45, 7) is -0.203. The molecular formula is C8H10N2O4. The molecule has 14 heavy (non-hydrogen) atoms. The molecule has 0 amide bonds. The van der Waals surface area contributed by atoms with Crippen LogP contribution in [0.2, 0.25) is 0 Å². The molecule has 0 aliphatic heterocycles. The lowest BCUT2D eigenvalue weighted by Crippen LogP contribution is -2.00. The molecule has 0 aromatic heterocycles. The first kappa shape index (κ1) is 10.3. The van der Waals surface area contributed by atoms with Crippen LogP contribution < -0.4 is 5.73 Å². The lowest BCUT2D eigenvalue weighted by Gasteiger charge is -2.04. The molecule has 6 heteroatoms. The van der Waals surface area contributed by atoms with Gasteiger partial charge in [0.15, 0.2) is 0 Å². The maximum absolute atomic E-state index is 10.5. The first-order chi connectivity index (χ1) is 6.56. The minimum absolute atomic E-state index is 0.0686. The number of nitro benzene ring substituents is 1. The summed E-state index contributed by atoms with van der Waals surface area (Å²) in [5.74, 6) is -0.321. The largest absolute Gasteiger partial charge is 0.506 e. The van der Waals surface area contributed by atoms with Crippen LogP contribution in [0.4, 0.5) is 11.4 Å². The van der Waals surface area contributed by atoms with Crippen LogP contribution in [-0.4, -0.2) is 21.7 Å². The van der Waals surface area contributed by atoms with Crippen LogP contribution in [0, 0.1) is 10.1 Å². The number of rotatable bonds is 3. The second-order valence-electron chi connectivity index (χ2n) is 2.77. The molecule has 4 N–H and O–H groups in total. The summed E-state index contributed by atoms with van der Waals surface area (Å²) in [5.41, 5.74) is 5.52. The minimum Gasteiger partial charge on any atom is -0.506 e. The second-order valence-corrected chi connectivity index (χ2v) is 2.77. The molecule has 0 unspecified atom stereocenters. The normalized spacial score (nSPS) is 10.1. The molecule has 0 aliphatic carbocycles. The minimum atomic E-state index is -0.621. The fraction of sp³-hybridized carbons (Fsp3) is 0.250. The summed E-state index contributed by atoms with van der Waals surface area (Å²) in [6, 6.07) is 2.28. The van der Waals surface area contributed by atoms with Gasteiger partial charge in [-0.25, -0.2) is 0 Å². The van der Waals surface area contributed by atoms with Crippen molar-refractivity contribution in [3.05, 3.63) is 27.8 Å². The number of nitrogens with zero attached hydrogens (tertiary/aromatic N) is 1. The van der Waals surface area contributed by atoms with Gasteiger partial charge in [-0.05, 0) is 6.07 Å². The summed E-state index contributed by atoms with van der Waals surface area (Å²) in [6.07, 6.45) is 0.140. The fourth-order valence-electron chi connectivity index (χ4n) is 1.13. The molecule has 0 radical (unpaired) electrons. The van der Waals surface area contributed by atoms with E-state index in [1.807, 2.05) is 0 Å². The zero-order valence-corrected chi connectivity index (χ0v) is 7.30. The maximum atomic E-state index is 10.5. The van der Waals surface area contributed by atoms with Gasteiger partial charge in [0.25, 0.3) is 5.69 Å². The molecule has 0 spiro atoms. The molecular weight excluding hydrogens is 188 g/mol. The summed E-state index contributed by atoms with van der Waals surface area (Å²) in [5, 5.41) is 28.3. The van der Waals surface area contributed by atoms with Gasteiger partial charge in [-0.3, -0.25) is 10.1 Å². The summed E-state index contributed by atoms with van der Waals surface area (Å²) in [4.78, 5) is 9.91. The highest BCUT2D eigenvalue weighted by Crippen LogP contribution is 2.29. The van der Waals surface area contributed by atoms with Crippen molar-refractivity contribution in [3.63, 3.8) is 0 Å². The molecule has 1 rings (SSSR count). The first-order valence-electron chi connectivity index (χ1n) is 3.93. The zero-order valence-electron chi connectivity index (χ0n) is 7.30. The first-order valence-corrected chi connectivity index (χ1v) is 3.93. The van der Waals surface area contributed by atoms with Gasteiger partial charge in [0.1, 0.15) is 5.75 Å². The van der Waals surface area contributed by atoms with E-state index in [1.54, 1.807) is 0 Å². The average molecular weight is 198 g/mol. The molecule has 76 valence electrons. The van der Waals surface area contributed by atoms with Crippen LogP contribution in [0.5, 0.6) is 5.75 Å². The SMILES string of the molecule is Nc1cc(CCO)c([N+](=O)[O-])cc1O. The molecule has 0 aliphatic rings. The molecule has 0 bridgehead atoms. The number of aromatic hydroxyl groups is 1. The smallest absolute Gasteiger partial charge is 0.276 e. The van der Waals surface area contributed by atoms with Gasteiger partial charge in [0, 0.05) is 18.6 Å². The van der Waals surface area contributed by atoms with Crippen LogP contribution in [0.3, 0.4) is 0 Å². The van der Waals surface area contributed by atoms with Gasteiger partial charge in [-0.15, -0.1) is 0 Å². The van der Waals surface area contributed by atoms with Crippen molar-refractivity contribution in [1.82, 2.24) is 0 Å². The monoisotopic (exact) mass is 198 g/mol. The van der Waals surface area contributed by atoms with E-state index >= 15 is 0 Å². The van der Waals surface area contributed by atoms with Crippen LogP contribution in [0.15, 0.2) is 12.1 Å². The molecule has 6 nitrogen and oxygen atoms in total. The highest BCUT2D eigenvalue weighted by atomic mass is 16.6. The molecule has 1 aromatic rings. The van der Waals surface area contributed by atoms with E-state index in [0.717, 1.165) is 6.07 Å². The fourth-order valence-corrected chi connectivity index (χ4v) is 1.13. The Bertz CT molecular complexity index is 365. The molecule has 0 saturated heterocycles. The van der Waals surface area contributed by atoms with E-state index in [4.69, 9.17) is 15.9 Å². The third-order valence-corrected chi connectivity index (χ3v) is 1.81. The predicted octanol–water partition coefficient (Wildman–Crippen LogP) is 0.417. The average Bonchev–Trinajstić information content (AvgIpc) is 2.11. The van der Waals surface area contributed by atoms with Gasteiger partial charge >= 0.3 is 0 Å². The number of hydrogen-bond acceptors (Lipinski definition) is 5. The standard InChI is InChI=1S/C8H10N2O4/c9-6-3-5(1-2-11)7(10(13)14)4-8(6)12/h3-4,11-12H,1-2,9H2. The van der Waals surface area contributed by atoms with Crippen LogP contribution in [0.25, 0.3) is 0 Å². The van der Waals surface area contributed by atoms with E-state index < -0.39 is 4.92 Å². The number of benzene rings is 1. The summed E-state index contributed by atoms with van der Waals surface area (Å²) in [7, 11) is 0. The highest BCUT2D eigenvalue weighted by Gasteiger charge is 2.16. The van der Waals surface area contributed by atoms with Crippen molar-refractivity contribution in [1.29, 1.82) is 0 Å². The van der Waals surface area contributed by atoms with Crippen molar-refractivity contribution in [2.45, 2.75) is 6.42 Å². The molecule has 0 atom stereocenters. The van der Waals surface area contributed by atoms with Gasteiger partial charge in [0.2, 0.25) is 0 Å². The number of nitrogen functional groups attached to an aromatic ring is 1. The molecule has 0 heterocycles. The maximum Gasteiger partial charge on any atom is 0.276 e. The number of nitro groups is 1. The van der Waals surface area contributed by atoms with Gasteiger partial charge in [-0.2, -0.15) is 0 Å². The van der Waals surface area contributed by atoms with Crippen LogP contribution >= 0.6 is 0 Å². The quantitative estimate of drug-likeness (QED) is 0.282. The number of hydrogen-bond donors (Lipinski definition) is 3. The van der Waals surface area contributed by atoms with Gasteiger partial charge in [-0.1, -0.05) is 0 Å². The topological polar surface area (TPSA) is 110 Å². The van der Waals surface area contributed by atoms with Crippen molar-refractivity contribution < 1.29 is 15.1 Å². The Hall–Kier alpha value is -1.82. The zero-order chi connectivity index (χ0) is 10.7. The predicted molar refractivity (Wildman–Crippen MR) is 50.0 cm³/mol. The van der Waals surface area contributed by atoms with E-state index in [0.29, 0.717) is 5.56 Å². The molecule has 0 saturated carbocycles. The number of aliphatic hydroxyl groups excluding tert-OH is 1. The van der Waals surface area contributed by atoms with Crippen molar-refractivity contribution in [3.8, 4) is 5.75 Å². The number of phenolic OH excluding ortho intramolecular Hbond substituents is 1. The van der Waals surface area contributed by atoms with Gasteiger partial charge in [0.05, 0.1) is 16.7 Å². The van der Waals surface area contributed by atoms with E-state index in [9.17, 15) is 10.1 Å². The lowest BCUT2D eigenvalue weighted by molar-refractivity contribution is -0.385. The Morgan fingerprint density at radius 3 is 2.64 bits per heavy atom. The summed E-state index contributed by atoms with van der Waals surface area (Å²) < 4.78 is 0. The third kappa shape index (κ3) is 1.91. The van der Waals surface area contributed by atoms with Crippen molar-refractivity contribution in [2.24, 2.45) is 0 Å².